The average molecular weight is 257 g/mol. The SMILES string of the molecule is O=C(CCc1ccsc1)c1ccc2c(c1)CNC2. The Morgan fingerprint density at radius 2 is 2.11 bits per heavy atom. The molecule has 92 valence electrons. The molecule has 18 heavy (non-hydrogen) atoms. The van der Waals surface area contributed by atoms with E-state index in [1.54, 1.807) is 11.3 Å². The van der Waals surface area contributed by atoms with Crippen molar-refractivity contribution in [1.82, 2.24) is 5.32 Å². The molecule has 1 aliphatic rings. The molecule has 2 aromatic rings. The zero-order valence-electron chi connectivity index (χ0n) is 10.1. The van der Waals surface area contributed by atoms with Gasteiger partial charge in [-0.3, -0.25) is 4.79 Å². The molecule has 3 heteroatoms. The van der Waals surface area contributed by atoms with Crippen LogP contribution in [0.4, 0.5) is 0 Å². The van der Waals surface area contributed by atoms with Gasteiger partial charge >= 0.3 is 0 Å². The lowest BCUT2D eigenvalue weighted by Crippen LogP contribution is -2.02. The summed E-state index contributed by atoms with van der Waals surface area (Å²) in [5.41, 5.74) is 4.71. The number of nitrogens with one attached hydrogen (secondary N) is 1. The van der Waals surface area contributed by atoms with Gasteiger partial charge in [-0.1, -0.05) is 12.1 Å². The van der Waals surface area contributed by atoms with E-state index < -0.39 is 0 Å². The summed E-state index contributed by atoms with van der Waals surface area (Å²) in [4.78, 5) is 12.1. The molecule has 0 atom stereocenters. The van der Waals surface area contributed by atoms with Crippen molar-refractivity contribution in [2.45, 2.75) is 25.9 Å². The molecular weight excluding hydrogens is 242 g/mol. The van der Waals surface area contributed by atoms with E-state index in [4.69, 9.17) is 0 Å². The van der Waals surface area contributed by atoms with Gasteiger partial charge < -0.3 is 5.32 Å². The van der Waals surface area contributed by atoms with Gasteiger partial charge in [-0.15, -0.1) is 0 Å². The van der Waals surface area contributed by atoms with Gasteiger partial charge in [-0.25, -0.2) is 0 Å². The Kier molecular flexibility index (Phi) is 3.26. The molecule has 1 N–H and O–H groups in total. The number of carbonyl (C=O) groups excluding carboxylic acids is 1. The molecule has 0 saturated carbocycles. The fraction of sp³-hybridized carbons (Fsp3) is 0.267. The highest BCUT2D eigenvalue weighted by atomic mass is 32.1. The molecule has 0 unspecified atom stereocenters. The smallest absolute Gasteiger partial charge is 0.163 e. The molecule has 0 fully saturated rings. The Labute approximate surface area is 111 Å². The Morgan fingerprint density at radius 1 is 1.22 bits per heavy atom. The minimum absolute atomic E-state index is 0.246. The van der Waals surface area contributed by atoms with Crippen molar-refractivity contribution >= 4 is 17.1 Å². The average Bonchev–Trinajstić information content (AvgIpc) is 3.05. The highest BCUT2D eigenvalue weighted by Gasteiger charge is 2.13. The molecule has 3 rings (SSSR count). The first-order chi connectivity index (χ1) is 8.83. The Hall–Kier alpha value is -1.45. The largest absolute Gasteiger partial charge is 0.309 e. The van der Waals surface area contributed by atoms with Crippen LogP contribution in [-0.4, -0.2) is 5.78 Å². The second-order valence-electron chi connectivity index (χ2n) is 4.64. The van der Waals surface area contributed by atoms with Gasteiger partial charge in [0.05, 0.1) is 0 Å². The van der Waals surface area contributed by atoms with Crippen LogP contribution in [0.5, 0.6) is 0 Å². The molecule has 0 saturated heterocycles. The topological polar surface area (TPSA) is 29.1 Å². The number of ketones is 1. The molecule has 1 aromatic carbocycles. The summed E-state index contributed by atoms with van der Waals surface area (Å²) in [7, 11) is 0. The minimum atomic E-state index is 0.246. The van der Waals surface area contributed by atoms with E-state index in [0.29, 0.717) is 6.42 Å². The van der Waals surface area contributed by atoms with Gasteiger partial charge in [0.15, 0.2) is 5.78 Å². The van der Waals surface area contributed by atoms with Gasteiger partial charge in [-0.2, -0.15) is 11.3 Å². The molecular formula is C15H15NOS. The number of carbonyl (C=O) groups is 1. The Balaban J connectivity index is 1.69. The quantitative estimate of drug-likeness (QED) is 0.852. The number of hydrogen-bond acceptors (Lipinski definition) is 3. The Morgan fingerprint density at radius 3 is 2.94 bits per heavy atom. The fourth-order valence-corrected chi connectivity index (χ4v) is 3.01. The van der Waals surface area contributed by atoms with Crippen molar-refractivity contribution in [3.05, 3.63) is 57.3 Å². The first kappa shape index (κ1) is 11.6. The molecule has 0 aliphatic carbocycles. The van der Waals surface area contributed by atoms with Crippen LogP contribution in [0.15, 0.2) is 35.0 Å². The summed E-state index contributed by atoms with van der Waals surface area (Å²) < 4.78 is 0. The number of fused-ring (bicyclic) bond motifs is 1. The first-order valence-electron chi connectivity index (χ1n) is 6.20. The maximum absolute atomic E-state index is 12.1. The lowest BCUT2D eigenvalue weighted by Gasteiger charge is -2.03. The van der Waals surface area contributed by atoms with Gasteiger partial charge in [0.2, 0.25) is 0 Å². The van der Waals surface area contributed by atoms with Crippen molar-refractivity contribution in [2.24, 2.45) is 0 Å². The molecule has 0 bridgehead atoms. The van der Waals surface area contributed by atoms with Crippen LogP contribution in [0.2, 0.25) is 0 Å². The van der Waals surface area contributed by atoms with Crippen LogP contribution in [0.1, 0.15) is 33.5 Å². The second kappa shape index (κ2) is 5.04. The maximum Gasteiger partial charge on any atom is 0.163 e. The van der Waals surface area contributed by atoms with Crippen molar-refractivity contribution < 1.29 is 4.79 Å². The molecule has 2 nitrogen and oxygen atoms in total. The molecule has 1 aromatic heterocycles. The standard InChI is InChI=1S/C15H15NOS/c17-15(4-1-11-5-6-18-10-11)12-2-3-13-8-16-9-14(13)7-12/h2-3,5-7,10,16H,1,4,8-9H2. The molecule has 1 aliphatic heterocycles. The third-order valence-corrected chi connectivity index (χ3v) is 4.11. The lowest BCUT2D eigenvalue weighted by molar-refractivity contribution is 0.0983. The number of benzene rings is 1. The summed E-state index contributed by atoms with van der Waals surface area (Å²) in [6.45, 7) is 1.82. The van der Waals surface area contributed by atoms with E-state index in [-0.39, 0.29) is 5.78 Å². The number of aryl methyl sites for hydroxylation is 1. The zero-order valence-corrected chi connectivity index (χ0v) is 10.9. The molecule has 2 heterocycles. The lowest BCUT2D eigenvalue weighted by atomic mass is 10.0. The van der Waals surface area contributed by atoms with E-state index >= 15 is 0 Å². The van der Waals surface area contributed by atoms with Crippen molar-refractivity contribution in [3.63, 3.8) is 0 Å². The third-order valence-electron chi connectivity index (χ3n) is 3.38. The second-order valence-corrected chi connectivity index (χ2v) is 5.42. The predicted molar refractivity (Wildman–Crippen MR) is 74.0 cm³/mol. The molecule has 0 radical (unpaired) electrons. The van der Waals surface area contributed by atoms with Gasteiger partial charge in [0.1, 0.15) is 0 Å². The number of hydrogen-bond donors (Lipinski definition) is 1. The van der Waals surface area contributed by atoms with Crippen LogP contribution in [0.3, 0.4) is 0 Å². The van der Waals surface area contributed by atoms with Crippen molar-refractivity contribution in [2.75, 3.05) is 0 Å². The van der Waals surface area contributed by atoms with Crippen molar-refractivity contribution in [1.29, 1.82) is 0 Å². The summed E-state index contributed by atoms with van der Waals surface area (Å²) in [6.07, 6.45) is 1.45. The van der Waals surface area contributed by atoms with Crippen LogP contribution < -0.4 is 5.32 Å². The van der Waals surface area contributed by atoms with E-state index in [9.17, 15) is 4.79 Å². The third kappa shape index (κ3) is 2.37. The summed E-state index contributed by atoms with van der Waals surface area (Å²) in [6, 6.07) is 8.17. The van der Waals surface area contributed by atoms with Crippen LogP contribution in [0, 0.1) is 0 Å². The predicted octanol–water partition coefficient (Wildman–Crippen LogP) is 3.17. The Bertz CT molecular complexity index is 560. The highest BCUT2D eigenvalue weighted by Crippen LogP contribution is 2.18. The van der Waals surface area contributed by atoms with Crippen LogP contribution >= 0.6 is 11.3 Å². The molecule has 0 spiro atoms. The minimum Gasteiger partial charge on any atom is -0.309 e. The monoisotopic (exact) mass is 257 g/mol. The normalized spacial score (nSPS) is 13.6. The maximum atomic E-state index is 12.1. The van der Waals surface area contributed by atoms with E-state index in [1.165, 1.54) is 16.7 Å². The first-order valence-corrected chi connectivity index (χ1v) is 7.14. The summed E-state index contributed by atoms with van der Waals surface area (Å²) in [5, 5.41) is 7.47. The van der Waals surface area contributed by atoms with Crippen molar-refractivity contribution in [3.8, 4) is 0 Å². The molecule has 0 amide bonds. The van der Waals surface area contributed by atoms with Crippen LogP contribution in [0.25, 0.3) is 0 Å². The number of Topliss-reactive ketones (excluding diaryl/α,β-unsaturated/α-hetero) is 1. The van der Waals surface area contributed by atoms with Gasteiger partial charge in [0.25, 0.3) is 0 Å². The van der Waals surface area contributed by atoms with E-state index in [2.05, 4.69) is 28.2 Å². The highest BCUT2D eigenvalue weighted by molar-refractivity contribution is 7.07. The fourth-order valence-electron chi connectivity index (χ4n) is 2.31. The summed E-state index contributed by atoms with van der Waals surface area (Å²) in [5.74, 6) is 0.246. The summed E-state index contributed by atoms with van der Waals surface area (Å²) >= 11 is 1.68. The van der Waals surface area contributed by atoms with E-state index in [0.717, 1.165) is 25.1 Å². The number of thiophene rings is 1. The van der Waals surface area contributed by atoms with E-state index in [1.807, 2.05) is 12.1 Å². The zero-order chi connectivity index (χ0) is 12.4. The number of rotatable bonds is 4. The van der Waals surface area contributed by atoms with Crippen LogP contribution in [-0.2, 0) is 19.5 Å². The van der Waals surface area contributed by atoms with Gasteiger partial charge in [0, 0.05) is 25.1 Å². The van der Waals surface area contributed by atoms with Gasteiger partial charge in [-0.05, 0) is 46.0 Å².